The summed E-state index contributed by atoms with van der Waals surface area (Å²) in [6.45, 7) is 0. The molecule has 8 heteroatoms. The number of fused-ring (bicyclic) bond motifs is 1. The van der Waals surface area contributed by atoms with E-state index in [2.05, 4.69) is 15.0 Å². The molecule has 0 aliphatic carbocycles. The molecule has 0 aliphatic heterocycles. The first-order valence-electron chi connectivity index (χ1n) is 7.56. The molecule has 0 atom stereocenters. The lowest BCUT2D eigenvalue weighted by Crippen LogP contribution is -2.09. The number of imidazole rings is 1. The molecule has 4 rings (SSSR count). The second-order valence-electron chi connectivity index (χ2n) is 5.53. The second kappa shape index (κ2) is 5.91. The van der Waals surface area contributed by atoms with Crippen LogP contribution in [0, 0.1) is 5.82 Å². The molecule has 0 spiro atoms. The molecule has 4 nitrogen and oxygen atoms in total. The molecule has 0 unspecified atom stereocenters. The molecular weight excluding hydrogens is 348 g/mol. The highest BCUT2D eigenvalue weighted by molar-refractivity contribution is 5.73. The van der Waals surface area contributed by atoms with Gasteiger partial charge < -0.3 is 0 Å². The van der Waals surface area contributed by atoms with Crippen molar-refractivity contribution in [2.24, 2.45) is 0 Å². The molecule has 4 aromatic rings. The molecule has 0 fully saturated rings. The molecule has 1 aromatic carbocycles. The molecule has 0 N–H and O–H groups in total. The van der Waals surface area contributed by atoms with Crippen molar-refractivity contribution in [3.8, 4) is 22.4 Å². The maximum absolute atomic E-state index is 15.0. The summed E-state index contributed by atoms with van der Waals surface area (Å²) in [7, 11) is 0. The van der Waals surface area contributed by atoms with Crippen LogP contribution in [0.4, 0.5) is 17.6 Å². The Balaban J connectivity index is 1.86. The molecule has 0 aliphatic rings. The molecule has 0 saturated heterocycles. The van der Waals surface area contributed by atoms with E-state index >= 15 is 4.39 Å². The van der Waals surface area contributed by atoms with Gasteiger partial charge in [-0.25, -0.2) is 14.4 Å². The first kappa shape index (κ1) is 16.2. The summed E-state index contributed by atoms with van der Waals surface area (Å²) in [4.78, 5) is 11.4. The first-order chi connectivity index (χ1) is 12.4. The SMILES string of the molecule is Fc1c(-c2cccnc2)cccc1-c1cnc2nc(C(F)(F)F)ccn12. The molecule has 26 heavy (non-hydrogen) atoms. The fourth-order valence-electron chi connectivity index (χ4n) is 2.70. The van der Waals surface area contributed by atoms with Crippen LogP contribution in [0.5, 0.6) is 0 Å². The quantitative estimate of drug-likeness (QED) is 0.491. The highest BCUT2D eigenvalue weighted by Gasteiger charge is 2.33. The van der Waals surface area contributed by atoms with Gasteiger partial charge in [0.05, 0.1) is 11.9 Å². The van der Waals surface area contributed by atoms with Gasteiger partial charge in [-0.15, -0.1) is 0 Å². The lowest BCUT2D eigenvalue weighted by atomic mass is 10.0. The van der Waals surface area contributed by atoms with Gasteiger partial charge in [0.15, 0.2) is 0 Å². The summed E-state index contributed by atoms with van der Waals surface area (Å²) >= 11 is 0. The van der Waals surface area contributed by atoms with Crippen molar-refractivity contribution in [1.29, 1.82) is 0 Å². The standard InChI is InChI=1S/C18H10F4N4/c19-16-12(11-3-2-7-23-9-11)4-1-5-13(16)14-10-24-17-25-15(18(20,21)22)6-8-26(14)17/h1-10H. The Kier molecular flexibility index (Phi) is 3.68. The zero-order chi connectivity index (χ0) is 18.3. The molecule has 0 bridgehead atoms. The minimum absolute atomic E-state index is 0.152. The number of nitrogens with zero attached hydrogens (tertiary/aromatic N) is 4. The molecule has 3 aromatic heterocycles. The van der Waals surface area contributed by atoms with Gasteiger partial charge >= 0.3 is 6.18 Å². The Morgan fingerprint density at radius 3 is 2.46 bits per heavy atom. The van der Waals surface area contributed by atoms with Gasteiger partial charge in [-0.3, -0.25) is 9.38 Å². The average molecular weight is 358 g/mol. The zero-order valence-corrected chi connectivity index (χ0v) is 13.1. The fourth-order valence-corrected chi connectivity index (χ4v) is 2.70. The number of hydrogen-bond acceptors (Lipinski definition) is 3. The third kappa shape index (κ3) is 2.69. The van der Waals surface area contributed by atoms with Crippen LogP contribution < -0.4 is 0 Å². The van der Waals surface area contributed by atoms with Crippen molar-refractivity contribution in [3.63, 3.8) is 0 Å². The van der Waals surface area contributed by atoms with Crippen LogP contribution in [0.25, 0.3) is 28.2 Å². The van der Waals surface area contributed by atoms with Crippen molar-refractivity contribution >= 4 is 5.78 Å². The summed E-state index contributed by atoms with van der Waals surface area (Å²) in [6.07, 6.45) is 1.03. The normalized spacial score (nSPS) is 11.8. The van der Waals surface area contributed by atoms with Gasteiger partial charge in [0, 0.05) is 35.3 Å². The number of aromatic nitrogens is 4. The number of rotatable bonds is 2. The van der Waals surface area contributed by atoms with Crippen LogP contribution in [0.1, 0.15) is 5.69 Å². The van der Waals surface area contributed by atoms with Crippen LogP contribution in [-0.4, -0.2) is 19.4 Å². The number of hydrogen-bond donors (Lipinski definition) is 0. The van der Waals surface area contributed by atoms with Crippen LogP contribution in [0.15, 0.2) is 61.2 Å². The van der Waals surface area contributed by atoms with Crippen molar-refractivity contribution in [2.75, 3.05) is 0 Å². The fraction of sp³-hybridized carbons (Fsp3) is 0.0556. The van der Waals surface area contributed by atoms with E-state index in [9.17, 15) is 13.2 Å². The third-order valence-corrected chi connectivity index (χ3v) is 3.92. The van der Waals surface area contributed by atoms with Crippen LogP contribution in [0.3, 0.4) is 0 Å². The summed E-state index contributed by atoms with van der Waals surface area (Å²) in [5.74, 6) is -0.664. The Morgan fingerprint density at radius 2 is 1.73 bits per heavy atom. The Hall–Kier alpha value is -3.29. The minimum Gasteiger partial charge on any atom is -0.284 e. The van der Waals surface area contributed by atoms with Crippen LogP contribution in [0.2, 0.25) is 0 Å². The van der Waals surface area contributed by atoms with Crippen LogP contribution in [-0.2, 0) is 6.18 Å². The van der Waals surface area contributed by atoms with E-state index < -0.39 is 17.7 Å². The summed E-state index contributed by atoms with van der Waals surface area (Å²) in [6, 6.07) is 9.06. The monoisotopic (exact) mass is 358 g/mol. The van der Waals surface area contributed by atoms with Crippen molar-refractivity contribution < 1.29 is 17.6 Å². The summed E-state index contributed by atoms with van der Waals surface area (Å²) < 4.78 is 54.7. The van der Waals surface area contributed by atoms with E-state index in [0.717, 1.165) is 6.07 Å². The first-order valence-corrected chi connectivity index (χ1v) is 7.56. The van der Waals surface area contributed by atoms with E-state index in [4.69, 9.17) is 0 Å². The van der Waals surface area contributed by atoms with Gasteiger partial charge in [0.2, 0.25) is 5.78 Å². The Labute approximate surface area is 144 Å². The van der Waals surface area contributed by atoms with Gasteiger partial charge in [0.25, 0.3) is 0 Å². The van der Waals surface area contributed by atoms with Crippen molar-refractivity contribution in [3.05, 3.63) is 72.7 Å². The predicted molar refractivity (Wildman–Crippen MR) is 86.6 cm³/mol. The minimum atomic E-state index is -4.57. The number of pyridine rings is 1. The van der Waals surface area contributed by atoms with Gasteiger partial charge in [-0.1, -0.05) is 18.2 Å². The number of alkyl halides is 3. The van der Waals surface area contributed by atoms with Gasteiger partial charge in [-0.2, -0.15) is 13.2 Å². The van der Waals surface area contributed by atoms with Gasteiger partial charge in [0.1, 0.15) is 11.5 Å². The van der Waals surface area contributed by atoms with E-state index in [1.165, 1.54) is 29.1 Å². The molecule has 0 saturated carbocycles. The zero-order valence-electron chi connectivity index (χ0n) is 13.1. The molecule has 3 heterocycles. The molecular formula is C18H10F4N4. The largest absolute Gasteiger partial charge is 0.433 e. The lowest BCUT2D eigenvalue weighted by Gasteiger charge is -2.09. The second-order valence-corrected chi connectivity index (χ2v) is 5.53. The van der Waals surface area contributed by atoms with E-state index in [0.29, 0.717) is 16.8 Å². The number of halogens is 4. The van der Waals surface area contributed by atoms with Crippen LogP contribution >= 0.6 is 0 Å². The van der Waals surface area contributed by atoms with E-state index in [1.54, 1.807) is 30.5 Å². The maximum atomic E-state index is 15.0. The Bertz CT molecular complexity index is 1090. The smallest absolute Gasteiger partial charge is 0.284 e. The number of benzene rings is 1. The molecule has 130 valence electrons. The highest BCUT2D eigenvalue weighted by atomic mass is 19.4. The average Bonchev–Trinajstić information content (AvgIpc) is 3.05. The molecule has 0 radical (unpaired) electrons. The topological polar surface area (TPSA) is 43.1 Å². The van der Waals surface area contributed by atoms with Crippen molar-refractivity contribution in [1.82, 2.24) is 19.4 Å². The van der Waals surface area contributed by atoms with E-state index in [1.807, 2.05) is 0 Å². The van der Waals surface area contributed by atoms with Crippen molar-refractivity contribution in [2.45, 2.75) is 6.18 Å². The van der Waals surface area contributed by atoms with Gasteiger partial charge in [-0.05, 0) is 18.2 Å². The molecule has 0 amide bonds. The summed E-state index contributed by atoms with van der Waals surface area (Å²) in [5.41, 5.74) is 0.403. The third-order valence-electron chi connectivity index (χ3n) is 3.92. The summed E-state index contributed by atoms with van der Waals surface area (Å²) in [5, 5.41) is 0. The van der Waals surface area contributed by atoms with E-state index in [-0.39, 0.29) is 11.3 Å². The predicted octanol–water partition coefficient (Wildman–Crippen LogP) is 4.62. The Morgan fingerprint density at radius 1 is 0.923 bits per heavy atom. The highest BCUT2D eigenvalue weighted by Crippen LogP contribution is 2.32. The lowest BCUT2D eigenvalue weighted by molar-refractivity contribution is -0.141. The maximum Gasteiger partial charge on any atom is 0.433 e.